The first-order valence-electron chi connectivity index (χ1n) is 7.31. The number of hydrogen-bond donors (Lipinski definition) is 1. The van der Waals surface area contributed by atoms with Gasteiger partial charge in [0.05, 0.1) is 12.7 Å². The maximum absolute atomic E-state index is 9.63. The van der Waals surface area contributed by atoms with E-state index in [0.717, 1.165) is 38.2 Å². The van der Waals surface area contributed by atoms with Gasteiger partial charge in [0.1, 0.15) is 5.75 Å². The second-order valence-electron chi connectivity index (χ2n) is 5.39. The highest BCUT2D eigenvalue weighted by atomic mass is 16.5. The summed E-state index contributed by atoms with van der Waals surface area (Å²) in [4.78, 5) is 2.46. The van der Waals surface area contributed by atoms with Crippen LogP contribution in [0.15, 0.2) is 24.3 Å². The van der Waals surface area contributed by atoms with Crippen LogP contribution in [-0.4, -0.2) is 35.8 Å². The zero-order chi connectivity index (χ0) is 13.7. The molecule has 0 aliphatic carbocycles. The number of hydrogen-bond acceptors (Lipinski definition) is 3. The lowest BCUT2D eigenvalue weighted by atomic mass is 9.92. The lowest BCUT2D eigenvalue weighted by molar-refractivity contribution is 0.0692. The van der Waals surface area contributed by atoms with Gasteiger partial charge in [0.2, 0.25) is 0 Å². The molecule has 0 radical (unpaired) electrons. The summed E-state index contributed by atoms with van der Waals surface area (Å²) >= 11 is 0. The molecule has 1 aromatic rings. The van der Waals surface area contributed by atoms with E-state index in [0.29, 0.717) is 12.5 Å². The zero-order valence-electron chi connectivity index (χ0n) is 12.0. The summed E-state index contributed by atoms with van der Waals surface area (Å²) < 4.78 is 5.67. The van der Waals surface area contributed by atoms with Gasteiger partial charge in [-0.25, -0.2) is 0 Å². The van der Waals surface area contributed by atoms with Crippen LogP contribution >= 0.6 is 0 Å². The molecule has 19 heavy (non-hydrogen) atoms. The molecule has 1 saturated heterocycles. The van der Waals surface area contributed by atoms with E-state index in [-0.39, 0.29) is 6.10 Å². The van der Waals surface area contributed by atoms with Gasteiger partial charge < -0.3 is 9.84 Å². The minimum Gasteiger partial charge on any atom is -0.494 e. The normalized spacial score (nSPS) is 19.3. The van der Waals surface area contributed by atoms with Crippen LogP contribution in [0.4, 0.5) is 0 Å². The number of piperidine rings is 1. The van der Waals surface area contributed by atoms with Gasteiger partial charge in [-0.05, 0) is 51.8 Å². The molecule has 3 nitrogen and oxygen atoms in total. The van der Waals surface area contributed by atoms with E-state index in [9.17, 15) is 5.11 Å². The third-order valence-corrected chi connectivity index (χ3v) is 3.98. The van der Waals surface area contributed by atoms with Crippen molar-refractivity contribution in [1.29, 1.82) is 0 Å². The Bertz CT molecular complexity index is 384. The lowest BCUT2D eigenvalue weighted by Gasteiger charge is -2.33. The van der Waals surface area contributed by atoms with E-state index in [2.05, 4.69) is 17.0 Å². The molecule has 1 aromatic carbocycles. The fourth-order valence-electron chi connectivity index (χ4n) is 2.77. The Kier molecular flexibility index (Phi) is 5.23. The number of nitrogens with zero attached hydrogens (tertiary/aromatic N) is 1. The molecule has 1 N–H and O–H groups in total. The van der Waals surface area contributed by atoms with Crippen LogP contribution in [0, 0.1) is 5.92 Å². The van der Waals surface area contributed by atoms with Crippen molar-refractivity contribution in [2.45, 2.75) is 39.3 Å². The third-order valence-electron chi connectivity index (χ3n) is 3.98. The van der Waals surface area contributed by atoms with Crippen molar-refractivity contribution in [2.75, 3.05) is 19.7 Å². The number of aliphatic hydroxyl groups is 1. The second-order valence-corrected chi connectivity index (χ2v) is 5.39. The van der Waals surface area contributed by atoms with Crippen LogP contribution in [-0.2, 0) is 6.54 Å². The number of aliphatic hydroxyl groups excluding tert-OH is 1. The number of ether oxygens (including phenoxy) is 1. The zero-order valence-corrected chi connectivity index (χ0v) is 12.0. The van der Waals surface area contributed by atoms with E-state index < -0.39 is 0 Å². The molecule has 0 aromatic heterocycles. The van der Waals surface area contributed by atoms with Gasteiger partial charge >= 0.3 is 0 Å². The second kappa shape index (κ2) is 6.92. The number of benzene rings is 1. The molecule has 2 rings (SSSR count). The van der Waals surface area contributed by atoms with Crippen LogP contribution < -0.4 is 4.74 Å². The van der Waals surface area contributed by atoms with Crippen molar-refractivity contribution >= 4 is 0 Å². The lowest BCUT2D eigenvalue weighted by Crippen LogP contribution is -2.36. The molecular weight excluding hydrogens is 238 g/mol. The smallest absolute Gasteiger partial charge is 0.123 e. The number of likely N-dealkylation sites (tertiary alicyclic amines) is 1. The molecule has 106 valence electrons. The van der Waals surface area contributed by atoms with Gasteiger partial charge in [-0.15, -0.1) is 0 Å². The minimum atomic E-state index is -0.169. The van der Waals surface area contributed by atoms with Crippen LogP contribution in [0.1, 0.15) is 32.3 Å². The molecule has 1 aliphatic rings. The minimum absolute atomic E-state index is 0.169. The third kappa shape index (κ3) is 3.95. The quantitative estimate of drug-likeness (QED) is 0.886. The Morgan fingerprint density at radius 1 is 1.32 bits per heavy atom. The Balaban J connectivity index is 1.92. The molecule has 0 bridgehead atoms. The highest BCUT2D eigenvalue weighted by Gasteiger charge is 2.22. The Morgan fingerprint density at radius 2 is 2.00 bits per heavy atom. The van der Waals surface area contributed by atoms with Crippen LogP contribution in [0.25, 0.3) is 0 Å². The van der Waals surface area contributed by atoms with E-state index in [1.807, 2.05) is 26.0 Å². The van der Waals surface area contributed by atoms with Crippen LogP contribution in [0.3, 0.4) is 0 Å². The van der Waals surface area contributed by atoms with E-state index >= 15 is 0 Å². The van der Waals surface area contributed by atoms with Gasteiger partial charge in [0.15, 0.2) is 0 Å². The van der Waals surface area contributed by atoms with Crippen molar-refractivity contribution in [3.05, 3.63) is 29.8 Å². The van der Waals surface area contributed by atoms with Gasteiger partial charge in [0, 0.05) is 12.1 Å². The molecule has 1 heterocycles. The maximum atomic E-state index is 9.63. The van der Waals surface area contributed by atoms with Crippen molar-refractivity contribution in [2.24, 2.45) is 5.92 Å². The van der Waals surface area contributed by atoms with Crippen LogP contribution in [0.2, 0.25) is 0 Å². The highest BCUT2D eigenvalue weighted by molar-refractivity contribution is 5.33. The van der Waals surface area contributed by atoms with Gasteiger partial charge in [-0.1, -0.05) is 18.2 Å². The largest absolute Gasteiger partial charge is 0.494 e. The molecule has 1 aliphatic heterocycles. The Morgan fingerprint density at radius 3 is 2.63 bits per heavy atom. The van der Waals surface area contributed by atoms with E-state index in [1.165, 1.54) is 5.56 Å². The first-order chi connectivity index (χ1) is 9.20. The van der Waals surface area contributed by atoms with Crippen molar-refractivity contribution in [1.82, 2.24) is 4.90 Å². The van der Waals surface area contributed by atoms with Crippen molar-refractivity contribution < 1.29 is 9.84 Å². The van der Waals surface area contributed by atoms with E-state index in [1.54, 1.807) is 0 Å². The molecule has 0 spiro atoms. The molecule has 0 saturated carbocycles. The Labute approximate surface area is 116 Å². The average Bonchev–Trinajstić information content (AvgIpc) is 2.42. The molecule has 0 amide bonds. The SMILES string of the molecule is CCOc1ccccc1CN1CCC(C(C)O)CC1. The maximum Gasteiger partial charge on any atom is 0.123 e. The van der Waals surface area contributed by atoms with Gasteiger partial charge in [0.25, 0.3) is 0 Å². The first-order valence-corrected chi connectivity index (χ1v) is 7.31. The summed E-state index contributed by atoms with van der Waals surface area (Å²) in [5, 5.41) is 9.63. The fourth-order valence-corrected chi connectivity index (χ4v) is 2.77. The summed E-state index contributed by atoms with van der Waals surface area (Å²) in [6, 6.07) is 8.28. The van der Waals surface area contributed by atoms with Gasteiger partial charge in [-0.3, -0.25) is 4.90 Å². The summed E-state index contributed by atoms with van der Waals surface area (Å²) in [5.41, 5.74) is 1.26. The Hall–Kier alpha value is -1.06. The highest BCUT2D eigenvalue weighted by Crippen LogP contribution is 2.25. The molecule has 1 atom stereocenters. The van der Waals surface area contributed by atoms with Crippen molar-refractivity contribution in [3.63, 3.8) is 0 Å². The predicted molar refractivity (Wildman–Crippen MR) is 77.3 cm³/mol. The number of para-hydroxylation sites is 1. The summed E-state index contributed by atoms with van der Waals surface area (Å²) in [6.07, 6.45) is 2.01. The topological polar surface area (TPSA) is 32.7 Å². The monoisotopic (exact) mass is 263 g/mol. The predicted octanol–water partition coefficient (Wildman–Crippen LogP) is 2.68. The standard InChI is InChI=1S/C16H25NO2/c1-3-19-16-7-5-4-6-15(16)12-17-10-8-14(9-11-17)13(2)18/h4-7,13-14,18H,3,8-12H2,1-2H3. The first kappa shape index (κ1) is 14.4. The summed E-state index contributed by atoms with van der Waals surface area (Å²) in [5.74, 6) is 1.47. The summed E-state index contributed by atoms with van der Waals surface area (Å²) in [6.45, 7) is 7.71. The van der Waals surface area contributed by atoms with E-state index in [4.69, 9.17) is 4.74 Å². The fraction of sp³-hybridized carbons (Fsp3) is 0.625. The van der Waals surface area contributed by atoms with Gasteiger partial charge in [-0.2, -0.15) is 0 Å². The molecule has 3 heteroatoms. The molecule has 1 unspecified atom stereocenters. The van der Waals surface area contributed by atoms with Crippen LogP contribution in [0.5, 0.6) is 5.75 Å². The number of rotatable bonds is 5. The average molecular weight is 263 g/mol. The molecule has 1 fully saturated rings. The van der Waals surface area contributed by atoms with Crippen molar-refractivity contribution in [3.8, 4) is 5.75 Å². The summed E-state index contributed by atoms with van der Waals surface area (Å²) in [7, 11) is 0. The molecular formula is C16H25NO2.